The van der Waals surface area contributed by atoms with E-state index in [1.54, 1.807) is 6.07 Å². The Labute approximate surface area is 104 Å². The summed E-state index contributed by atoms with van der Waals surface area (Å²) in [5, 5.41) is 7.38. The van der Waals surface area contributed by atoms with Crippen molar-refractivity contribution in [3.8, 4) is 0 Å². The van der Waals surface area contributed by atoms with Gasteiger partial charge in [-0.15, -0.1) is 0 Å². The third kappa shape index (κ3) is 2.94. The molecule has 0 aliphatic heterocycles. The lowest BCUT2D eigenvalue weighted by atomic mass is 10.5. The Morgan fingerprint density at radius 1 is 1.50 bits per heavy atom. The first kappa shape index (κ1) is 12.7. The number of rotatable bonds is 6. The Bertz CT molecular complexity index is 590. The lowest BCUT2D eigenvalue weighted by Crippen LogP contribution is -2.22. The van der Waals surface area contributed by atoms with E-state index in [-0.39, 0.29) is 11.4 Å². The van der Waals surface area contributed by atoms with Gasteiger partial charge in [-0.05, 0) is 0 Å². The van der Waals surface area contributed by atoms with Gasteiger partial charge in [-0.3, -0.25) is 4.68 Å². The first-order chi connectivity index (χ1) is 8.62. The molecule has 18 heavy (non-hydrogen) atoms. The third-order valence-electron chi connectivity index (χ3n) is 2.21. The number of hydrogen-bond acceptors (Lipinski definition) is 6. The van der Waals surface area contributed by atoms with Crippen LogP contribution in [0.25, 0.3) is 0 Å². The molecule has 9 heteroatoms. The van der Waals surface area contributed by atoms with Crippen molar-refractivity contribution in [2.75, 3.05) is 6.54 Å². The van der Waals surface area contributed by atoms with Gasteiger partial charge in [0.05, 0.1) is 25.5 Å². The molecule has 0 aliphatic rings. The van der Waals surface area contributed by atoms with Crippen LogP contribution >= 0.6 is 0 Å². The monoisotopic (exact) mass is 271 g/mol. The van der Waals surface area contributed by atoms with E-state index in [4.69, 9.17) is 10.3 Å². The number of hydrogen-bond donors (Lipinski definition) is 2. The fourth-order valence-electron chi connectivity index (χ4n) is 1.32. The lowest BCUT2D eigenvalue weighted by Gasteiger charge is -2.01. The van der Waals surface area contributed by atoms with Crippen molar-refractivity contribution in [3.05, 3.63) is 30.4 Å². The molecule has 98 valence electrons. The van der Waals surface area contributed by atoms with Crippen molar-refractivity contribution in [3.63, 3.8) is 0 Å². The minimum Gasteiger partial charge on any atom is -0.360 e. The molecule has 2 aromatic rings. The molecule has 0 bridgehead atoms. The van der Waals surface area contributed by atoms with Crippen molar-refractivity contribution >= 4 is 10.0 Å². The van der Waals surface area contributed by atoms with E-state index >= 15 is 0 Å². The Morgan fingerprint density at radius 2 is 2.33 bits per heavy atom. The molecule has 0 aromatic carbocycles. The molecule has 0 aliphatic carbocycles. The highest BCUT2D eigenvalue weighted by molar-refractivity contribution is 7.89. The zero-order valence-electron chi connectivity index (χ0n) is 9.48. The van der Waals surface area contributed by atoms with Crippen LogP contribution in [0.15, 0.2) is 34.1 Å². The van der Waals surface area contributed by atoms with Crippen LogP contribution in [-0.2, 0) is 23.1 Å². The molecule has 3 N–H and O–H groups in total. The summed E-state index contributed by atoms with van der Waals surface area (Å²) in [6, 6.07) is 1.58. The Morgan fingerprint density at radius 3 is 3.00 bits per heavy atom. The molecule has 0 amide bonds. The molecule has 0 unspecified atom stereocenters. The molecule has 0 atom stereocenters. The van der Waals surface area contributed by atoms with Crippen LogP contribution < -0.4 is 10.5 Å². The van der Waals surface area contributed by atoms with Gasteiger partial charge in [-0.1, -0.05) is 5.16 Å². The molecule has 8 nitrogen and oxygen atoms in total. The van der Waals surface area contributed by atoms with Gasteiger partial charge in [0, 0.05) is 18.8 Å². The molecule has 2 aromatic heterocycles. The predicted molar refractivity (Wildman–Crippen MR) is 61.8 cm³/mol. The SMILES string of the molecule is NCCn1cc(S(=O)(=O)NCc2ccno2)cn1. The van der Waals surface area contributed by atoms with Crippen LogP contribution in [0.3, 0.4) is 0 Å². The van der Waals surface area contributed by atoms with Crippen molar-refractivity contribution in [2.45, 2.75) is 18.0 Å². The summed E-state index contributed by atoms with van der Waals surface area (Å²) in [7, 11) is -3.60. The molecule has 0 radical (unpaired) electrons. The maximum atomic E-state index is 11.9. The second kappa shape index (κ2) is 5.29. The minimum atomic E-state index is -3.60. The van der Waals surface area contributed by atoms with E-state index in [1.807, 2.05) is 0 Å². The molecule has 0 fully saturated rings. The molecule has 0 saturated heterocycles. The van der Waals surface area contributed by atoms with Crippen LogP contribution in [-0.4, -0.2) is 29.9 Å². The number of nitrogens with two attached hydrogens (primary N) is 1. The summed E-state index contributed by atoms with van der Waals surface area (Å²) < 4.78 is 32.4. The largest absolute Gasteiger partial charge is 0.360 e. The molecule has 0 saturated carbocycles. The third-order valence-corrected chi connectivity index (χ3v) is 3.56. The highest BCUT2D eigenvalue weighted by atomic mass is 32.2. The van der Waals surface area contributed by atoms with E-state index in [9.17, 15) is 8.42 Å². The summed E-state index contributed by atoms with van der Waals surface area (Å²) in [5.74, 6) is 0.438. The van der Waals surface area contributed by atoms with Gasteiger partial charge in [0.25, 0.3) is 0 Å². The Hall–Kier alpha value is -1.71. The van der Waals surface area contributed by atoms with Gasteiger partial charge in [-0.25, -0.2) is 13.1 Å². The van der Waals surface area contributed by atoms with Crippen molar-refractivity contribution in [2.24, 2.45) is 5.73 Å². The van der Waals surface area contributed by atoms with Gasteiger partial charge < -0.3 is 10.3 Å². The first-order valence-electron chi connectivity index (χ1n) is 5.23. The number of sulfonamides is 1. The van der Waals surface area contributed by atoms with Gasteiger partial charge in [0.2, 0.25) is 10.0 Å². The summed E-state index contributed by atoms with van der Waals surface area (Å²) in [5.41, 5.74) is 5.36. The van der Waals surface area contributed by atoms with Gasteiger partial charge in [-0.2, -0.15) is 5.10 Å². The lowest BCUT2D eigenvalue weighted by molar-refractivity contribution is 0.380. The zero-order chi connectivity index (χ0) is 13.0. The fraction of sp³-hybridized carbons (Fsp3) is 0.333. The molecule has 2 rings (SSSR count). The van der Waals surface area contributed by atoms with Gasteiger partial charge >= 0.3 is 0 Å². The minimum absolute atomic E-state index is 0.0460. The van der Waals surface area contributed by atoms with Crippen LogP contribution in [0.4, 0.5) is 0 Å². The van der Waals surface area contributed by atoms with Crippen LogP contribution in [0.5, 0.6) is 0 Å². The normalized spacial score (nSPS) is 11.8. The Balaban J connectivity index is 2.05. The highest BCUT2D eigenvalue weighted by Gasteiger charge is 2.16. The van der Waals surface area contributed by atoms with Crippen LogP contribution in [0.2, 0.25) is 0 Å². The highest BCUT2D eigenvalue weighted by Crippen LogP contribution is 2.08. The van der Waals surface area contributed by atoms with Crippen LogP contribution in [0.1, 0.15) is 5.76 Å². The fourth-order valence-corrected chi connectivity index (χ4v) is 2.27. The average molecular weight is 271 g/mol. The average Bonchev–Trinajstić information content (AvgIpc) is 2.98. The second-order valence-corrected chi connectivity index (χ2v) is 5.30. The Kier molecular flexibility index (Phi) is 3.75. The topological polar surface area (TPSA) is 116 Å². The molecular formula is C9H13N5O3S. The predicted octanol–water partition coefficient (Wildman–Crippen LogP) is -0.692. The van der Waals surface area contributed by atoms with Crippen molar-refractivity contribution in [1.29, 1.82) is 0 Å². The summed E-state index contributed by atoms with van der Waals surface area (Å²) in [6.07, 6.45) is 4.15. The number of aromatic nitrogens is 3. The van der Waals surface area contributed by atoms with Gasteiger partial charge in [0.1, 0.15) is 4.90 Å². The number of nitrogens with zero attached hydrogens (tertiary/aromatic N) is 3. The van der Waals surface area contributed by atoms with Crippen molar-refractivity contribution < 1.29 is 12.9 Å². The van der Waals surface area contributed by atoms with Crippen molar-refractivity contribution in [1.82, 2.24) is 19.7 Å². The van der Waals surface area contributed by atoms with E-state index in [0.717, 1.165) is 0 Å². The molecular weight excluding hydrogens is 258 g/mol. The number of nitrogens with one attached hydrogen (secondary N) is 1. The van der Waals surface area contributed by atoms with E-state index in [1.165, 1.54) is 23.3 Å². The summed E-state index contributed by atoms with van der Waals surface area (Å²) in [4.78, 5) is 0.0930. The van der Waals surface area contributed by atoms with Crippen LogP contribution in [0, 0.1) is 0 Å². The summed E-state index contributed by atoms with van der Waals surface area (Å²) >= 11 is 0. The molecule has 0 spiro atoms. The standard InChI is InChI=1S/C9H13N5O3S/c10-2-4-14-7-9(6-11-14)18(15,16)13-5-8-1-3-12-17-8/h1,3,6-7,13H,2,4-5,10H2. The van der Waals surface area contributed by atoms with E-state index in [2.05, 4.69) is 15.0 Å². The van der Waals surface area contributed by atoms with E-state index in [0.29, 0.717) is 18.8 Å². The second-order valence-electron chi connectivity index (χ2n) is 3.53. The van der Waals surface area contributed by atoms with Gasteiger partial charge in [0.15, 0.2) is 5.76 Å². The molecule has 2 heterocycles. The van der Waals surface area contributed by atoms with E-state index < -0.39 is 10.0 Å². The summed E-state index contributed by atoms with van der Waals surface area (Å²) in [6.45, 7) is 0.911. The smallest absolute Gasteiger partial charge is 0.244 e. The quantitative estimate of drug-likeness (QED) is 0.718. The maximum Gasteiger partial charge on any atom is 0.244 e. The maximum absolute atomic E-state index is 11.9. The zero-order valence-corrected chi connectivity index (χ0v) is 10.3. The first-order valence-corrected chi connectivity index (χ1v) is 6.72.